The van der Waals surface area contributed by atoms with Crippen molar-refractivity contribution in [3.63, 3.8) is 0 Å². The van der Waals surface area contributed by atoms with Crippen molar-refractivity contribution in [3.05, 3.63) is 48.6 Å². The maximum atomic E-state index is 11.9. The molecule has 47 heavy (non-hydrogen) atoms. The van der Waals surface area contributed by atoms with Gasteiger partial charge in [-0.05, 0) is 51.4 Å². The van der Waals surface area contributed by atoms with Crippen molar-refractivity contribution < 1.29 is 29.3 Å². The topological polar surface area (TPSA) is 93.1 Å². The van der Waals surface area contributed by atoms with Gasteiger partial charge in [0, 0.05) is 12.8 Å². The molecule has 0 fully saturated rings. The minimum Gasteiger partial charge on any atom is -0.463 e. The van der Waals surface area contributed by atoms with Crippen LogP contribution in [0.3, 0.4) is 0 Å². The molecular formula is C41H72O6. The van der Waals surface area contributed by atoms with Crippen LogP contribution in [0, 0.1) is 0 Å². The van der Waals surface area contributed by atoms with E-state index in [1.54, 1.807) is 0 Å². The monoisotopic (exact) mass is 661 g/mol. The second-order valence-corrected chi connectivity index (χ2v) is 12.9. The highest BCUT2D eigenvalue weighted by molar-refractivity contribution is 5.69. The number of hydrogen-bond donors (Lipinski definition) is 2. The second-order valence-electron chi connectivity index (χ2n) is 12.9. The lowest BCUT2D eigenvalue weighted by atomic mass is 10.0. The fourth-order valence-corrected chi connectivity index (χ4v) is 5.21. The number of carbonyl (C=O) groups is 2. The number of rotatable bonds is 34. The zero-order chi connectivity index (χ0) is 34.5. The van der Waals surface area contributed by atoms with Crippen LogP contribution in [-0.4, -0.2) is 47.6 Å². The average molecular weight is 661 g/mol. The summed E-state index contributed by atoms with van der Waals surface area (Å²) in [6.45, 7) is 4.05. The predicted molar refractivity (Wildman–Crippen MR) is 197 cm³/mol. The molecule has 0 spiro atoms. The van der Waals surface area contributed by atoms with E-state index in [2.05, 4.69) is 62.5 Å². The summed E-state index contributed by atoms with van der Waals surface area (Å²) in [7, 11) is 0. The van der Waals surface area contributed by atoms with E-state index < -0.39 is 6.10 Å². The Morgan fingerprint density at radius 2 is 0.894 bits per heavy atom. The van der Waals surface area contributed by atoms with Gasteiger partial charge in [0.25, 0.3) is 0 Å². The number of aliphatic hydroxyl groups is 2. The predicted octanol–water partition coefficient (Wildman–Crippen LogP) is 10.8. The summed E-state index contributed by atoms with van der Waals surface area (Å²) in [5.74, 6) is -0.647. The van der Waals surface area contributed by atoms with Gasteiger partial charge in [0.2, 0.25) is 0 Å². The van der Waals surface area contributed by atoms with Gasteiger partial charge in [0.1, 0.15) is 19.3 Å². The molecule has 0 aromatic carbocycles. The lowest BCUT2D eigenvalue weighted by Crippen LogP contribution is -2.25. The molecular weight excluding hydrogens is 588 g/mol. The summed E-state index contributed by atoms with van der Waals surface area (Å²) in [6.07, 6.45) is 42.3. The van der Waals surface area contributed by atoms with E-state index in [9.17, 15) is 19.8 Å². The van der Waals surface area contributed by atoms with Crippen LogP contribution in [-0.2, 0) is 19.1 Å². The Labute approximate surface area is 289 Å². The first-order chi connectivity index (χ1) is 23.0. The Bertz CT molecular complexity index is 815. The summed E-state index contributed by atoms with van der Waals surface area (Å²) >= 11 is 0. The summed E-state index contributed by atoms with van der Waals surface area (Å²) < 4.78 is 10.3. The highest BCUT2D eigenvalue weighted by atomic mass is 16.6. The van der Waals surface area contributed by atoms with Gasteiger partial charge in [0.05, 0.1) is 6.10 Å². The van der Waals surface area contributed by atoms with E-state index in [0.29, 0.717) is 19.3 Å². The van der Waals surface area contributed by atoms with Crippen molar-refractivity contribution in [2.24, 2.45) is 0 Å². The maximum absolute atomic E-state index is 11.9. The van der Waals surface area contributed by atoms with E-state index in [4.69, 9.17) is 9.47 Å². The van der Waals surface area contributed by atoms with E-state index >= 15 is 0 Å². The van der Waals surface area contributed by atoms with Crippen LogP contribution in [0.25, 0.3) is 0 Å². The highest BCUT2D eigenvalue weighted by Crippen LogP contribution is 2.14. The van der Waals surface area contributed by atoms with Gasteiger partial charge < -0.3 is 19.7 Å². The van der Waals surface area contributed by atoms with Gasteiger partial charge in [-0.1, -0.05) is 159 Å². The molecule has 0 aliphatic heterocycles. The Kier molecular flexibility index (Phi) is 35.0. The fourth-order valence-electron chi connectivity index (χ4n) is 5.21. The Morgan fingerprint density at radius 1 is 0.489 bits per heavy atom. The van der Waals surface area contributed by atoms with Gasteiger partial charge in [-0.2, -0.15) is 0 Å². The van der Waals surface area contributed by atoms with Crippen LogP contribution >= 0.6 is 0 Å². The van der Waals surface area contributed by atoms with Gasteiger partial charge in [-0.25, -0.2) is 0 Å². The van der Waals surface area contributed by atoms with Crippen LogP contribution in [0.5, 0.6) is 0 Å². The van der Waals surface area contributed by atoms with Crippen molar-refractivity contribution in [1.82, 2.24) is 0 Å². The molecule has 0 aromatic heterocycles. The quantitative estimate of drug-likeness (QED) is 0.0405. The molecule has 0 amide bonds. The first-order valence-electron chi connectivity index (χ1n) is 19.3. The molecule has 0 aliphatic rings. The molecule has 0 radical (unpaired) electrons. The largest absolute Gasteiger partial charge is 0.463 e. The lowest BCUT2D eigenvalue weighted by Gasteiger charge is -2.12. The highest BCUT2D eigenvalue weighted by Gasteiger charge is 2.12. The molecule has 6 nitrogen and oxygen atoms in total. The van der Waals surface area contributed by atoms with E-state index in [0.717, 1.165) is 64.2 Å². The van der Waals surface area contributed by atoms with Crippen molar-refractivity contribution in [1.29, 1.82) is 0 Å². The molecule has 1 unspecified atom stereocenters. The molecule has 0 rings (SSSR count). The summed E-state index contributed by atoms with van der Waals surface area (Å²) in [6, 6.07) is 0. The molecule has 0 aliphatic carbocycles. The van der Waals surface area contributed by atoms with Gasteiger partial charge >= 0.3 is 11.9 Å². The molecule has 2 N–H and O–H groups in total. The van der Waals surface area contributed by atoms with E-state index in [1.807, 2.05) is 0 Å². The van der Waals surface area contributed by atoms with Crippen molar-refractivity contribution in [2.45, 2.75) is 187 Å². The standard InChI is InChI=1S/C41H72O6/c1-3-5-6-7-8-9-10-11-12-15-18-21-24-27-30-34-40(44)46-36-39(43)37-47-41(45)35-31-28-25-22-19-16-13-14-17-20-23-26-29-33-38(42)32-4-2/h13,16-17,20,22,25-26,29,38-39,42-43H,3-12,14-15,18-19,21,23-24,27-28,30-37H2,1-2H3/b16-13-,20-17-,25-22-,29-26-/t38?,39-/m0/s1. The molecule has 6 heteroatoms. The zero-order valence-corrected chi connectivity index (χ0v) is 30.4. The Morgan fingerprint density at radius 3 is 1.36 bits per heavy atom. The Balaban J connectivity index is 3.56. The molecule has 272 valence electrons. The smallest absolute Gasteiger partial charge is 0.305 e. The molecule has 0 bridgehead atoms. The average Bonchev–Trinajstić information content (AvgIpc) is 3.06. The van der Waals surface area contributed by atoms with Gasteiger partial charge in [0.15, 0.2) is 0 Å². The molecule has 0 saturated carbocycles. The zero-order valence-electron chi connectivity index (χ0n) is 30.4. The number of ether oxygens (including phenoxy) is 2. The minimum atomic E-state index is -0.994. The van der Waals surface area contributed by atoms with Gasteiger partial charge in [-0.3, -0.25) is 9.59 Å². The third kappa shape index (κ3) is 36.5. The SMILES string of the molecule is CCCCCCCCCCCCCCCCCC(=O)OC[C@H](O)COC(=O)CCC/C=C\C/C=C\C/C=C\C/C=C\CC(O)CCC. The summed E-state index contributed by atoms with van der Waals surface area (Å²) in [4.78, 5) is 23.9. The van der Waals surface area contributed by atoms with Crippen molar-refractivity contribution in [2.75, 3.05) is 13.2 Å². The number of esters is 2. The molecule has 2 atom stereocenters. The number of allylic oxidation sites excluding steroid dienone is 7. The first kappa shape index (κ1) is 44.8. The van der Waals surface area contributed by atoms with E-state index in [1.165, 1.54) is 77.0 Å². The lowest BCUT2D eigenvalue weighted by molar-refractivity contribution is -0.152. The summed E-state index contributed by atoms with van der Waals surface area (Å²) in [5, 5.41) is 19.7. The van der Waals surface area contributed by atoms with Crippen LogP contribution in [0.1, 0.15) is 174 Å². The third-order valence-corrected chi connectivity index (χ3v) is 8.12. The molecule has 0 saturated heterocycles. The third-order valence-electron chi connectivity index (χ3n) is 8.12. The Hall–Kier alpha value is -2.18. The molecule has 0 heterocycles. The number of unbranched alkanes of at least 4 members (excludes halogenated alkanes) is 15. The van der Waals surface area contributed by atoms with Crippen LogP contribution < -0.4 is 0 Å². The van der Waals surface area contributed by atoms with Crippen LogP contribution in [0.4, 0.5) is 0 Å². The van der Waals surface area contributed by atoms with Gasteiger partial charge in [-0.15, -0.1) is 0 Å². The minimum absolute atomic E-state index is 0.141. The van der Waals surface area contributed by atoms with Crippen LogP contribution in [0.15, 0.2) is 48.6 Å². The van der Waals surface area contributed by atoms with E-state index in [-0.39, 0.29) is 31.3 Å². The van der Waals surface area contributed by atoms with Crippen molar-refractivity contribution >= 4 is 11.9 Å². The molecule has 0 aromatic rings. The number of hydrogen-bond acceptors (Lipinski definition) is 6. The fraction of sp³-hybridized carbons (Fsp3) is 0.756. The normalized spacial score (nSPS) is 13.4. The summed E-state index contributed by atoms with van der Waals surface area (Å²) in [5.41, 5.74) is 0. The second kappa shape index (κ2) is 36.7. The van der Waals surface area contributed by atoms with Crippen LogP contribution in [0.2, 0.25) is 0 Å². The first-order valence-corrected chi connectivity index (χ1v) is 19.3. The number of carbonyl (C=O) groups excluding carboxylic acids is 2. The maximum Gasteiger partial charge on any atom is 0.305 e. The van der Waals surface area contributed by atoms with Crippen molar-refractivity contribution in [3.8, 4) is 0 Å². The number of aliphatic hydroxyl groups excluding tert-OH is 2.